The van der Waals surface area contributed by atoms with Gasteiger partial charge in [-0.15, -0.1) is 9.98 Å². The van der Waals surface area contributed by atoms with Crippen LogP contribution >= 0.6 is 0 Å². The second-order valence-electron chi connectivity index (χ2n) is 2.99. The van der Waals surface area contributed by atoms with E-state index in [0.29, 0.717) is 5.56 Å². The van der Waals surface area contributed by atoms with Crippen LogP contribution < -0.4 is 0 Å². The molecular formula is C11H6N2O4. The zero-order valence-electron chi connectivity index (χ0n) is 8.76. The van der Waals surface area contributed by atoms with Gasteiger partial charge in [-0.3, -0.25) is 9.59 Å². The highest BCUT2D eigenvalue weighted by Crippen LogP contribution is 2.15. The van der Waals surface area contributed by atoms with Crippen LogP contribution in [0.1, 0.15) is 26.3 Å². The third-order valence-corrected chi connectivity index (χ3v) is 2.09. The SMILES string of the molecule is Cc1c(C(=O)N=C=O)cccc1C(=O)N=C=O. The van der Waals surface area contributed by atoms with Crippen LogP contribution in [-0.2, 0) is 9.59 Å². The summed E-state index contributed by atoms with van der Waals surface area (Å²) in [4.78, 5) is 48.5. The normalized spacial score (nSPS) is 8.76. The van der Waals surface area contributed by atoms with Gasteiger partial charge < -0.3 is 0 Å². The van der Waals surface area contributed by atoms with Crippen molar-refractivity contribution in [2.24, 2.45) is 9.98 Å². The van der Waals surface area contributed by atoms with Crippen molar-refractivity contribution in [3.05, 3.63) is 34.9 Å². The first-order chi connectivity index (χ1) is 8.11. The molecule has 17 heavy (non-hydrogen) atoms. The Balaban J connectivity index is 3.34. The van der Waals surface area contributed by atoms with Crippen molar-refractivity contribution >= 4 is 24.0 Å². The molecule has 0 aliphatic rings. The van der Waals surface area contributed by atoms with Gasteiger partial charge in [-0.1, -0.05) is 6.07 Å². The number of aliphatic imine (C=N–C) groups is 2. The fourth-order valence-electron chi connectivity index (χ4n) is 1.30. The summed E-state index contributed by atoms with van der Waals surface area (Å²) in [6.45, 7) is 1.49. The second-order valence-corrected chi connectivity index (χ2v) is 2.99. The Kier molecular flexibility index (Phi) is 3.95. The number of nitrogens with zero attached hydrogens (tertiary/aromatic N) is 2. The number of carbonyl (C=O) groups is 2. The molecule has 0 aromatic heterocycles. The molecule has 0 heterocycles. The number of benzene rings is 1. The summed E-state index contributed by atoms with van der Waals surface area (Å²) in [5.74, 6) is -1.61. The molecule has 0 saturated heterocycles. The molecule has 1 rings (SSSR count). The van der Waals surface area contributed by atoms with Crippen LogP contribution in [0.5, 0.6) is 0 Å². The van der Waals surface area contributed by atoms with Crippen LogP contribution in [0.15, 0.2) is 28.2 Å². The van der Waals surface area contributed by atoms with E-state index in [-0.39, 0.29) is 11.1 Å². The third kappa shape index (κ3) is 2.66. The number of rotatable bonds is 2. The largest absolute Gasteiger partial charge is 0.288 e. The maximum atomic E-state index is 11.3. The van der Waals surface area contributed by atoms with Crippen LogP contribution in [0.2, 0.25) is 0 Å². The average Bonchev–Trinajstić information content (AvgIpc) is 2.29. The first kappa shape index (κ1) is 12.4. The first-order valence-electron chi connectivity index (χ1n) is 4.45. The summed E-state index contributed by atoms with van der Waals surface area (Å²) in [6, 6.07) is 4.23. The Labute approximate surface area is 95.7 Å². The van der Waals surface area contributed by atoms with Gasteiger partial charge in [0.25, 0.3) is 11.8 Å². The Hall–Kier alpha value is -2.68. The summed E-state index contributed by atoms with van der Waals surface area (Å²) in [6.07, 6.45) is 2.24. The summed E-state index contributed by atoms with van der Waals surface area (Å²) in [7, 11) is 0. The lowest BCUT2D eigenvalue weighted by Crippen LogP contribution is -2.05. The van der Waals surface area contributed by atoms with E-state index in [1.54, 1.807) is 0 Å². The fourth-order valence-corrected chi connectivity index (χ4v) is 1.30. The monoisotopic (exact) mass is 230 g/mol. The summed E-state index contributed by atoms with van der Waals surface area (Å²) >= 11 is 0. The van der Waals surface area contributed by atoms with Crippen molar-refractivity contribution in [3.8, 4) is 0 Å². The zero-order valence-corrected chi connectivity index (χ0v) is 8.76. The summed E-state index contributed by atoms with van der Waals surface area (Å²) in [5, 5.41) is 0. The van der Waals surface area contributed by atoms with Crippen LogP contribution in [0.25, 0.3) is 0 Å². The Bertz CT molecular complexity index is 531. The predicted molar refractivity (Wildman–Crippen MR) is 56.1 cm³/mol. The van der Waals surface area contributed by atoms with E-state index in [0.717, 1.165) is 12.2 Å². The van der Waals surface area contributed by atoms with Crippen LogP contribution in [-0.4, -0.2) is 24.0 Å². The average molecular weight is 230 g/mol. The number of amides is 2. The lowest BCUT2D eigenvalue weighted by Gasteiger charge is -2.04. The lowest BCUT2D eigenvalue weighted by molar-refractivity contribution is 0.100. The number of carbonyl (C=O) groups excluding carboxylic acids is 4. The second kappa shape index (κ2) is 5.42. The molecule has 0 radical (unpaired) electrons. The van der Waals surface area contributed by atoms with Crippen LogP contribution in [0.4, 0.5) is 0 Å². The molecule has 0 unspecified atom stereocenters. The minimum atomic E-state index is -0.803. The van der Waals surface area contributed by atoms with Crippen molar-refractivity contribution in [2.75, 3.05) is 0 Å². The topological polar surface area (TPSA) is 93.0 Å². The number of hydrogen-bond donors (Lipinski definition) is 0. The van der Waals surface area contributed by atoms with E-state index >= 15 is 0 Å². The Morgan fingerprint density at radius 1 is 1.00 bits per heavy atom. The molecule has 6 heteroatoms. The molecule has 84 valence electrons. The van der Waals surface area contributed by atoms with Crippen molar-refractivity contribution < 1.29 is 19.2 Å². The molecule has 6 nitrogen and oxygen atoms in total. The minimum Gasteiger partial charge on any atom is -0.266 e. The van der Waals surface area contributed by atoms with E-state index < -0.39 is 11.8 Å². The van der Waals surface area contributed by atoms with Crippen LogP contribution in [0.3, 0.4) is 0 Å². The highest BCUT2D eigenvalue weighted by Gasteiger charge is 2.14. The van der Waals surface area contributed by atoms with Gasteiger partial charge >= 0.3 is 0 Å². The van der Waals surface area contributed by atoms with Crippen LogP contribution in [0, 0.1) is 6.92 Å². The van der Waals surface area contributed by atoms with Gasteiger partial charge in [-0.05, 0) is 24.6 Å². The maximum Gasteiger partial charge on any atom is 0.288 e. The van der Waals surface area contributed by atoms with E-state index in [9.17, 15) is 19.2 Å². The van der Waals surface area contributed by atoms with Gasteiger partial charge in [-0.2, -0.15) is 0 Å². The quantitative estimate of drug-likeness (QED) is 0.558. The number of isocyanates is 2. The summed E-state index contributed by atoms with van der Waals surface area (Å²) in [5.41, 5.74) is 0.459. The van der Waals surface area contributed by atoms with E-state index in [2.05, 4.69) is 9.98 Å². The molecule has 2 amide bonds. The fraction of sp³-hybridized carbons (Fsp3) is 0.0909. The standard InChI is InChI=1S/C11H6N2O4/c1-7-8(10(16)12-5-14)3-2-4-9(7)11(17)13-6-15/h2-4H,1H3. The van der Waals surface area contributed by atoms with Gasteiger partial charge in [0.05, 0.1) is 0 Å². The number of hydrogen-bond acceptors (Lipinski definition) is 4. The molecule has 1 aromatic carbocycles. The highest BCUT2D eigenvalue weighted by molar-refractivity contribution is 6.04. The smallest absolute Gasteiger partial charge is 0.266 e. The van der Waals surface area contributed by atoms with Crippen molar-refractivity contribution in [1.82, 2.24) is 0 Å². The molecular weight excluding hydrogens is 224 g/mol. The van der Waals surface area contributed by atoms with E-state index in [4.69, 9.17) is 0 Å². The summed E-state index contributed by atoms with van der Waals surface area (Å²) < 4.78 is 0. The highest BCUT2D eigenvalue weighted by atomic mass is 16.2. The van der Waals surface area contributed by atoms with Crippen molar-refractivity contribution in [3.63, 3.8) is 0 Å². The minimum absolute atomic E-state index is 0.0836. The molecule has 0 N–H and O–H groups in total. The zero-order chi connectivity index (χ0) is 12.8. The van der Waals surface area contributed by atoms with E-state index in [1.807, 2.05) is 0 Å². The van der Waals surface area contributed by atoms with Crippen molar-refractivity contribution in [1.29, 1.82) is 0 Å². The third-order valence-electron chi connectivity index (χ3n) is 2.09. The first-order valence-corrected chi connectivity index (χ1v) is 4.45. The molecule has 0 spiro atoms. The molecule has 0 saturated carbocycles. The van der Waals surface area contributed by atoms with Gasteiger partial charge in [0, 0.05) is 11.1 Å². The van der Waals surface area contributed by atoms with Crippen molar-refractivity contribution in [2.45, 2.75) is 6.92 Å². The molecule has 1 aromatic rings. The van der Waals surface area contributed by atoms with Gasteiger partial charge in [0.2, 0.25) is 12.2 Å². The maximum absolute atomic E-state index is 11.3. The predicted octanol–water partition coefficient (Wildman–Crippen LogP) is 0.947. The molecule has 0 aliphatic heterocycles. The molecule has 0 fully saturated rings. The van der Waals surface area contributed by atoms with Gasteiger partial charge in [0.1, 0.15) is 0 Å². The van der Waals surface area contributed by atoms with E-state index in [1.165, 1.54) is 25.1 Å². The van der Waals surface area contributed by atoms with Gasteiger partial charge in [0.15, 0.2) is 0 Å². The Morgan fingerprint density at radius 2 is 1.41 bits per heavy atom. The molecule has 0 bridgehead atoms. The molecule has 0 aliphatic carbocycles. The molecule has 0 atom stereocenters. The van der Waals surface area contributed by atoms with Gasteiger partial charge in [-0.25, -0.2) is 9.59 Å². The Morgan fingerprint density at radius 3 is 1.76 bits per heavy atom. The lowest BCUT2D eigenvalue weighted by atomic mass is 10.0.